The van der Waals surface area contributed by atoms with Gasteiger partial charge in [0, 0.05) is 6.54 Å². The van der Waals surface area contributed by atoms with E-state index in [0.717, 1.165) is 0 Å². The Hall–Kier alpha value is -2.24. The summed E-state index contributed by atoms with van der Waals surface area (Å²) in [5.74, 6) is -0.915. The Morgan fingerprint density at radius 2 is 1.80 bits per heavy atom. The van der Waals surface area contributed by atoms with Crippen LogP contribution in [0.4, 0.5) is 0 Å². The average molecular weight is 281 g/mol. The van der Waals surface area contributed by atoms with E-state index in [1.807, 2.05) is 0 Å². The Balaban J connectivity index is 2.74. The van der Waals surface area contributed by atoms with Crippen molar-refractivity contribution in [2.24, 2.45) is 5.92 Å². The Kier molecular flexibility index (Phi) is 5.83. The van der Waals surface area contributed by atoms with Crippen LogP contribution in [0.1, 0.15) is 23.7 Å². The normalized spacial score (nSPS) is 11.6. The number of rotatable bonds is 7. The van der Waals surface area contributed by atoms with Gasteiger partial charge in [-0.15, -0.1) is 0 Å². The van der Waals surface area contributed by atoms with Gasteiger partial charge in [0.2, 0.25) is 0 Å². The second-order valence-corrected chi connectivity index (χ2v) is 4.32. The summed E-state index contributed by atoms with van der Waals surface area (Å²) in [7, 11) is 2.94. The van der Waals surface area contributed by atoms with Gasteiger partial charge >= 0.3 is 5.97 Å². The number of hydrogen-bond donors (Lipinski definition) is 2. The van der Waals surface area contributed by atoms with Gasteiger partial charge in [0.25, 0.3) is 5.91 Å². The van der Waals surface area contributed by atoms with Crippen molar-refractivity contribution in [3.05, 3.63) is 23.8 Å². The standard InChI is InChI=1S/C14H19NO5/c1-9(14(17)18)7-8-15-13(16)12-10(19-2)5-4-6-11(12)20-3/h4-6,9H,7-8H2,1-3H3,(H,15,16)(H,17,18). The van der Waals surface area contributed by atoms with E-state index in [2.05, 4.69) is 5.32 Å². The van der Waals surface area contributed by atoms with Crippen molar-refractivity contribution in [2.45, 2.75) is 13.3 Å². The third-order valence-electron chi connectivity index (χ3n) is 2.94. The van der Waals surface area contributed by atoms with Crippen molar-refractivity contribution in [1.82, 2.24) is 5.32 Å². The molecule has 0 saturated carbocycles. The van der Waals surface area contributed by atoms with Gasteiger partial charge < -0.3 is 19.9 Å². The Morgan fingerprint density at radius 1 is 1.25 bits per heavy atom. The molecule has 0 aromatic heterocycles. The van der Waals surface area contributed by atoms with Crippen LogP contribution in [-0.2, 0) is 4.79 Å². The topological polar surface area (TPSA) is 84.9 Å². The van der Waals surface area contributed by atoms with E-state index in [1.54, 1.807) is 25.1 Å². The molecule has 0 radical (unpaired) electrons. The SMILES string of the molecule is COc1cccc(OC)c1C(=O)NCCC(C)C(=O)O. The van der Waals surface area contributed by atoms with Crippen LogP contribution < -0.4 is 14.8 Å². The summed E-state index contributed by atoms with van der Waals surface area (Å²) in [6, 6.07) is 5.05. The summed E-state index contributed by atoms with van der Waals surface area (Å²) in [5.41, 5.74) is 0.306. The number of carboxylic acid groups (broad SMARTS) is 1. The zero-order chi connectivity index (χ0) is 15.1. The number of hydrogen-bond acceptors (Lipinski definition) is 4. The summed E-state index contributed by atoms with van der Waals surface area (Å²) in [6.45, 7) is 1.87. The quantitative estimate of drug-likeness (QED) is 0.792. The maximum Gasteiger partial charge on any atom is 0.306 e. The number of aliphatic carboxylic acids is 1. The number of carbonyl (C=O) groups is 2. The minimum absolute atomic E-state index is 0.271. The Morgan fingerprint density at radius 3 is 2.25 bits per heavy atom. The van der Waals surface area contributed by atoms with Crippen molar-refractivity contribution >= 4 is 11.9 Å². The summed E-state index contributed by atoms with van der Waals surface area (Å²) < 4.78 is 10.3. The smallest absolute Gasteiger partial charge is 0.306 e. The van der Waals surface area contributed by atoms with Crippen LogP contribution in [-0.4, -0.2) is 37.7 Å². The third kappa shape index (κ3) is 3.88. The summed E-state index contributed by atoms with van der Waals surface area (Å²) in [5, 5.41) is 11.4. The zero-order valence-corrected chi connectivity index (χ0v) is 11.8. The molecule has 0 fully saturated rings. The number of carboxylic acids is 1. The van der Waals surface area contributed by atoms with Gasteiger partial charge in [-0.05, 0) is 18.6 Å². The molecular weight excluding hydrogens is 262 g/mol. The number of ether oxygens (including phenoxy) is 2. The number of methoxy groups -OCH3 is 2. The fourth-order valence-corrected chi connectivity index (χ4v) is 1.69. The molecule has 0 spiro atoms. The van der Waals surface area contributed by atoms with Gasteiger partial charge in [0.1, 0.15) is 17.1 Å². The molecule has 0 aliphatic rings. The number of carbonyl (C=O) groups excluding carboxylic acids is 1. The van der Waals surface area contributed by atoms with Gasteiger partial charge in [0.05, 0.1) is 20.1 Å². The molecule has 1 aromatic rings. The lowest BCUT2D eigenvalue weighted by Gasteiger charge is -2.13. The maximum absolute atomic E-state index is 12.1. The Bertz CT molecular complexity index is 464. The molecule has 110 valence electrons. The van der Waals surface area contributed by atoms with Crippen LogP contribution in [0.3, 0.4) is 0 Å². The average Bonchev–Trinajstić information content (AvgIpc) is 2.45. The maximum atomic E-state index is 12.1. The van der Waals surface area contributed by atoms with Crippen LogP contribution in [0.15, 0.2) is 18.2 Å². The molecule has 0 bridgehead atoms. The molecule has 0 heterocycles. The first kappa shape index (κ1) is 15.8. The van der Waals surface area contributed by atoms with Gasteiger partial charge in [-0.25, -0.2) is 0 Å². The minimum Gasteiger partial charge on any atom is -0.496 e. The van der Waals surface area contributed by atoms with Gasteiger partial charge in [0.15, 0.2) is 0 Å². The predicted octanol–water partition coefficient (Wildman–Crippen LogP) is 1.54. The van der Waals surface area contributed by atoms with E-state index in [1.165, 1.54) is 14.2 Å². The van der Waals surface area contributed by atoms with Crippen molar-refractivity contribution < 1.29 is 24.2 Å². The number of benzene rings is 1. The highest BCUT2D eigenvalue weighted by Crippen LogP contribution is 2.27. The highest BCUT2D eigenvalue weighted by molar-refractivity contribution is 5.99. The molecule has 0 aliphatic carbocycles. The molecule has 6 nitrogen and oxygen atoms in total. The summed E-state index contributed by atoms with van der Waals surface area (Å²) in [6.07, 6.45) is 0.360. The van der Waals surface area contributed by atoms with Crippen LogP contribution in [0.25, 0.3) is 0 Å². The lowest BCUT2D eigenvalue weighted by atomic mass is 10.1. The molecule has 2 N–H and O–H groups in total. The van der Waals surface area contributed by atoms with Crippen molar-refractivity contribution in [3.8, 4) is 11.5 Å². The van der Waals surface area contributed by atoms with Crippen LogP contribution in [0.5, 0.6) is 11.5 Å². The largest absolute Gasteiger partial charge is 0.496 e. The van der Waals surface area contributed by atoms with Crippen LogP contribution in [0.2, 0.25) is 0 Å². The predicted molar refractivity (Wildman–Crippen MR) is 73.3 cm³/mol. The van der Waals surface area contributed by atoms with Gasteiger partial charge in [-0.2, -0.15) is 0 Å². The molecule has 20 heavy (non-hydrogen) atoms. The van der Waals surface area contributed by atoms with E-state index in [9.17, 15) is 9.59 Å². The van der Waals surface area contributed by atoms with Crippen molar-refractivity contribution in [2.75, 3.05) is 20.8 Å². The second kappa shape index (κ2) is 7.37. The second-order valence-electron chi connectivity index (χ2n) is 4.32. The number of amides is 1. The first-order valence-corrected chi connectivity index (χ1v) is 6.23. The lowest BCUT2D eigenvalue weighted by molar-refractivity contribution is -0.141. The van der Waals surface area contributed by atoms with Crippen LogP contribution in [0, 0.1) is 5.92 Å². The fraction of sp³-hybridized carbons (Fsp3) is 0.429. The minimum atomic E-state index is -0.880. The lowest BCUT2D eigenvalue weighted by Crippen LogP contribution is -2.27. The molecular formula is C14H19NO5. The van der Waals surface area contributed by atoms with E-state index < -0.39 is 11.9 Å². The molecule has 0 saturated heterocycles. The van der Waals surface area contributed by atoms with E-state index in [0.29, 0.717) is 23.5 Å². The molecule has 1 unspecified atom stereocenters. The molecule has 0 aliphatic heterocycles. The summed E-state index contributed by atoms with van der Waals surface area (Å²) >= 11 is 0. The highest BCUT2D eigenvalue weighted by atomic mass is 16.5. The van der Waals surface area contributed by atoms with Crippen LogP contribution >= 0.6 is 0 Å². The zero-order valence-electron chi connectivity index (χ0n) is 11.8. The van der Waals surface area contributed by atoms with Crippen molar-refractivity contribution in [3.63, 3.8) is 0 Å². The fourth-order valence-electron chi connectivity index (χ4n) is 1.69. The molecule has 6 heteroatoms. The van der Waals surface area contributed by atoms with E-state index >= 15 is 0 Å². The molecule has 1 aromatic carbocycles. The van der Waals surface area contributed by atoms with Gasteiger partial charge in [-0.3, -0.25) is 9.59 Å². The molecule has 1 amide bonds. The highest BCUT2D eigenvalue weighted by Gasteiger charge is 2.18. The monoisotopic (exact) mass is 281 g/mol. The van der Waals surface area contributed by atoms with Gasteiger partial charge in [-0.1, -0.05) is 13.0 Å². The Labute approximate surface area is 117 Å². The van der Waals surface area contributed by atoms with Crippen molar-refractivity contribution in [1.29, 1.82) is 0 Å². The molecule has 1 rings (SSSR count). The molecule has 1 atom stereocenters. The third-order valence-corrected chi connectivity index (χ3v) is 2.94. The first-order valence-electron chi connectivity index (χ1n) is 6.23. The first-order chi connectivity index (χ1) is 9.51. The summed E-state index contributed by atoms with van der Waals surface area (Å²) in [4.78, 5) is 22.8. The number of nitrogens with one attached hydrogen (secondary N) is 1. The van der Waals surface area contributed by atoms with E-state index in [4.69, 9.17) is 14.6 Å². The van der Waals surface area contributed by atoms with E-state index in [-0.39, 0.29) is 12.5 Å².